The number of halogens is 1. The van der Waals surface area contributed by atoms with Crippen molar-refractivity contribution in [3.63, 3.8) is 0 Å². The van der Waals surface area contributed by atoms with Crippen LogP contribution in [0.2, 0.25) is 0 Å². The van der Waals surface area contributed by atoms with E-state index in [-0.39, 0.29) is 5.97 Å². The molecule has 1 aromatic carbocycles. The van der Waals surface area contributed by atoms with Crippen LogP contribution in [-0.4, -0.2) is 24.7 Å². The fraction of sp³-hybridized carbons (Fsp3) is 0.231. The molecule has 0 atom stereocenters. The van der Waals surface area contributed by atoms with Gasteiger partial charge in [-0.3, -0.25) is 0 Å². The highest BCUT2D eigenvalue weighted by molar-refractivity contribution is 9.10. The number of nitrogens with zero attached hydrogens (tertiary/aromatic N) is 1. The highest BCUT2D eigenvalue weighted by atomic mass is 79.9. The molecule has 2 aromatic rings. The van der Waals surface area contributed by atoms with Crippen LogP contribution in [-0.2, 0) is 4.74 Å². The molecule has 0 amide bonds. The molecule has 0 aliphatic rings. The number of esters is 1. The molecule has 0 aliphatic carbocycles. The molecule has 6 heteroatoms. The predicted octanol–water partition coefficient (Wildman–Crippen LogP) is 3.76. The predicted molar refractivity (Wildman–Crippen MR) is 77.8 cm³/mol. The summed E-state index contributed by atoms with van der Waals surface area (Å²) in [7, 11) is 1.61. The number of hydrogen-bond acceptors (Lipinski definition) is 5. The maximum Gasteiger partial charge on any atom is 0.349 e. The average Bonchev–Trinajstić information content (AvgIpc) is 2.89. The van der Waals surface area contributed by atoms with Crippen molar-refractivity contribution in [3.05, 3.63) is 33.7 Å². The number of thiazole rings is 1. The number of hydrogen-bond donors (Lipinski definition) is 0. The first kappa shape index (κ1) is 14.0. The molecule has 0 spiro atoms. The first-order chi connectivity index (χ1) is 9.15. The van der Waals surface area contributed by atoms with Gasteiger partial charge in [0.2, 0.25) is 0 Å². The van der Waals surface area contributed by atoms with E-state index in [0.29, 0.717) is 11.5 Å². The Morgan fingerprint density at radius 1 is 1.47 bits per heavy atom. The van der Waals surface area contributed by atoms with Crippen molar-refractivity contribution in [2.75, 3.05) is 13.7 Å². The second-order valence-electron chi connectivity index (χ2n) is 3.60. The minimum absolute atomic E-state index is 0.338. The summed E-state index contributed by atoms with van der Waals surface area (Å²) in [5.74, 6) is 0.390. The molecule has 0 fully saturated rings. The van der Waals surface area contributed by atoms with Crippen molar-refractivity contribution in [2.45, 2.75) is 6.92 Å². The van der Waals surface area contributed by atoms with Crippen molar-refractivity contribution in [1.82, 2.24) is 4.98 Å². The van der Waals surface area contributed by atoms with Gasteiger partial charge < -0.3 is 9.47 Å². The maximum atomic E-state index is 11.6. The number of benzene rings is 1. The third-order valence-corrected chi connectivity index (χ3v) is 4.06. The van der Waals surface area contributed by atoms with Crippen LogP contribution in [0.4, 0.5) is 0 Å². The van der Waals surface area contributed by atoms with Crippen LogP contribution in [0, 0.1) is 0 Å². The average molecular weight is 342 g/mol. The van der Waals surface area contributed by atoms with Crippen LogP contribution in [0.3, 0.4) is 0 Å². The first-order valence-corrected chi connectivity index (χ1v) is 7.23. The summed E-state index contributed by atoms with van der Waals surface area (Å²) in [6.07, 6.45) is 1.53. The molecular weight excluding hydrogens is 330 g/mol. The lowest BCUT2D eigenvalue weighted by Gasteiger charge is -2.04. The van der Waals surface area contributed by atoms with Gasteiger partial charge in [0.1, 0.15) is 15.6 Å². The molecule has 1 heterocycles. The van der Waals surface area contributed by atoms with E-state index in [1.165, 1.54) is 17.5 Å². The molecule has 0 bridgehead atoms. The number of rotatable bonds is 4. The summed E-state index contributed by atoms with van der Waals surface area (Å²) in [5, 5.41) is 0.758. The zero-order chi connectivity index (χ0) is 13.8. The monoisotopic (exact) mass is 341 g/mol. The van der Waals surface area contributed by atoms with Crippen molar-refractivity contribution >= 4 is 33.2 Å². The first-order valence-electron chi connectivity index (χ1n) is 5.62. The Kier molecular flexibility index (Phi) is 4.55. The quantitative estimate of drug-likeness (QED) is 0.794. The highest BCUT2D eigenvalue weighted by Gasteiger charge is 2.13. The Bertz CT molecular complexity index is 597. The molecule has 100 valence electrons. The Morgan fingerprint density at radius 3 is 2.95 bits per heavy atom. The number of ether oxygens (including phenoxy) is 2. The number of methoxy groups -OCH3 is 1. The van der Waals surface area contributed by atoms with Gasteiger partial charge in [-0.15, -0.1) is 11.3 Å². The van der Waals surface area contributed by atoms with E-state index in [9.17, 15) is 4.79 Å². The zero-order valence-electron chi connectivity index (χ0n) is 10.5. The summed E-state index contributed by atoms with van der Waals surface area (Å²) >= 11 is 4.70. The largest absolute Gasteiger partial charge is 0.496 e. The van der Waals surface area contributed by atoms with Crippen LogP contribution in [0.15, 0.2) is 28.9 Å². The van der Waals surface area contributed by atoms with Gasteiger partial charge >= 0.3 is 5.97 Å². The van der Waals surface area contributed by atoms with Crippen LogP contribution in [0.5, 0.6) is 5.75 Å². The van der Waals surface area contributed by atoms with Gasteiger partial charge in [-0.25, -0.2) is 9.78 Å². The number of aromatic nitrogens is 1. The Hall–Kier alpha value is -1.40. The lowest BCUT2D eigenvalue weighted by Crippen LogP contribution is -2.01. The second kappa shape index (κ2) is 6.16. The van der Waals surface area contributed by atoms with Gasteiger partial charge in [-0.2, -0.15) is 0 Å². The van der Waals surface area contributed by atoms with Gasteiger partial charge in [0, 0.05) is 5.56 Å². The Labute approximate surface area is 123 Å². The third kappa shape index (κ3) is 3.13. The molecule has 0 N–H and O–H groups in total. The van der Waals surface area contributed by atoms with E-state index in [1.54, 1.807) is 14.0 Å². The van der Waals surface area contributed by atoms with E-state index >= 15 is 0 Å². The molecule has 19 heavy (non-hydrogen) atoms. The maximum absolute atomic E-state index is 11.6. The van der Waals surface area contributed by atoms with Crippen LogP contribution in [0.1, 0.15) is 16.6 Å². The number of carbonyl (C=O) groups is 1. The fourth-order valence-corrected chi connectivity index (χ4v) is 2.71. The molecule has 0 radical (unpaired) electrons. The van der Waals surface area contributed by atoms with E-state index in [1.807, 2.05) is 18.2 Å². The van der Waals surface area contributed by atoms with Crippen LogP contribution >= 0.6 is 27.3 Å². The summed E-state index contributed by atoms with van der Waals surface area (Å²) in [6.45, 7) is 2.14. The molecule has 4 nitrogen and oxygen atoms in total. The third-order valence-electron chi connectivity index (χ3n) is 2.38. The van der Waals surface area contributed by atoms with Gasteiger partial charge in [0.25, 0.3) is 0 Å². The SMILES string of the molecule is CCOC(=O)c1cnc(-c2ccc(Br)c(OC)c2)s1. The molecule has 0 unspecified atom stereocenters. The molecule has 0 saturated heterocycles. The summed E-state index contributed by atoms with van der Waals surface area (Å²) < 4.78 is 11.1. The van der Waals surface area contributed by atoms with Gasteiger partial charge in [-0.05, 0) is 35.0 Å². The Balaban J connectivity index is 2.30. The summed E-state index contributed by atoms with van der Waals surface area (Å²) in [5.41, 5.74) is 0.903. The molecule has 1 aromatic heterocycles. The summed E-state index contributed by atoms with van der Waals surface area (Å²) in [6, 6.07) is 5.68. The molecular formula is C13H12BrNO3S. The zero-order valence-corrected chi connectivity index (χ0v) is 12.9. The summed E-state index contributed by atoms with van der Waals surface area (Å²) in [4.78, 5) is 16.3. The van der Waals surface area contributed by atoms with Gasteiger partial charge in [0.05, 0.1) is 24.4 Å². The molecule has 0 aliphatic heterocycles. The van der Waals surface area contributed by atoms with E-state index in [2.05, 4.69) is 20.9 Å². The topological polar surface area (TPSA) is 48.4 Å². The van der Waals surface area contributed by atoms with Crippen molar-refractivity contribution < 1.29 is 14.3 Å². The highest BCUT2D eigenvalue weighted by Crippen LogP contribution is 2.32. The Morgan fingerprint density at radius 2 is 2.26 bits per heavy atom. The van der Waals surface area contributed by atoms with Crippen LogP contribution < -0.4 is 4.74 Å². The lowest BCUT2D eigenvalue weighted by molar-refractivity contribution is 0.0532. The normalized spacial score (nSPS) is 10.3. The second-order valence-corrected chi connectivity index (χ2v) is 5.48. The minimum atomic E-state index is -0.338. The van der Waals surface area contributed by atoms with E-state index in [4.69, 9.17) is 9.47 Å². The van der Waals surface area contributed by atoms with Gasteiger partial charge in [-0.1, -0.05) is 6.07 Å². The fourth-order valence-electron chi connectivity index (χ4n) is 1.50. The van der Waals surface area contributed by atoms with Crippen LogP contribution in [0.25, 0.3) is 10.6 Å². The molecule has 2 rings (SSSR count). The van der Waals surface area contributed by atoms with Crippen molar-refractivity contribution in [2.24, 2.45) is 0 Å². The van der Waals surface area contributed by atoms with E-state index < -0.39 is 0 Å². The number of carbonyl (C=O) groups excluding carboxylic acids is 1. The minimum Gasteiger partial charge on any atom is -0.496 e. The van der Waals surface area contributed by atoms with Crippen molar-refractivity contribution in [1.29, 1.82) is 0 Å². The van der Waals surface area contributed by atoms with Gasteiger partial charge in [0.15, 0.2) is 0 Å². The van der Waals surface area contributed by atoms with E-state index in [0.717, 1.165) is 20.8 Å². The molecule has 0 saturated carbocycles. The lowest BCUT2D eigenvalue weighted by atomic mass is 10.2. The van der Waals surface area contributed by atoms with Crippen molar-refractivity contribution in [3.8, 4) is 16.3 Å². The standard InChI is InChI=1S/C13H12BrNO3S/c1-3-18-13(16)11-7-15-12(19-11)8-4-5-9(14)10(6-8)17-2/h4-7H,3H2,1-2H3. The smallest absolute Gasteiger partial charge is 0.349 e.